The van der Waals surface area contributed by atoms with Gasteiger partial charge in [0, 0.05) is 18.7 Å². The normalized spacial score (nSPS) is 22.6. The summed E-state index contributed by atoms with van der Waals surface area (Å²) in [5, 5.41) is 1.07. The van der Waals surface area contributed by atoms with Crippen LogP contribution in [0.5, 0.6) is 0 Å². The van der Waals surface area contributed by atoms with Gasteiger partial charge in [0.25, 0.3) is 5.56 Å². The third kappa shape index (κ3) is 2.57. The van der Waals surface area contributed by atoms with Gasteiger partial charge in [-0.3, -0.25) is 9.36 Å². The molecule has 1 aliphatic heterocycles. The van der Waals surface area contributed by atoms with Crippen LogP contribution in [0.4, 0.5) is 0 Å². The number of fused-ring (bicyclic) bond motifs is 1. The van der Waals surface area contributed by atoms with Gasteiger partial charge in [0.15, 0.2) is 0 Å². The Morgan fingerprint density at radius 1 is 1.48 bits per heavy atom. The predicted molar refractivity (Wildman–Crippen MR) is 81.0 cm³/mol. The number of aryl methyl sites for hydroxylation is 1. The van der Waals surface area contributed by atoms with Crippen molar-refractivity contribution in [3.63, 3.8) is 0 Å². The fourth-order valence-corrected chi connectivity index (χ4v) is 3.13. The summed E-state index contributed by atoms with van der Waals surface area (Å²) >= 11 is 6.06. The summed E-state index contributed by atoms with van der Waals surface area (Å²) in [5.74, 6) is 0. The monoisotopic (exact) mass is 308 g/mol. The maximum atomic E-state index is 12.7. The molecule has 2 atom stereocenters. The molecule has 5 nitrogen and oxygen atoms in total. The Morgan fingerprint density at radius 3 is 3.05 bits per heavy atom. The van der Waals surface area contributed by atoms with Crippen molar-refractivity contribution in [2.24, 2.45) is 0 Å². The lowest BCUT2D eigenvalue weighted by atomic mass is 10.1. The second-order valence-electron chi connectivity index (χ2n) is 5.28. The lowest BCUT2D eigenvalue weighted by Gasteiger charge is -2.31. The van der Waals surface area contributed by atoms with Crippen LogP contribution < -0.4 is 5.56 Å². The summed E-state index contributed by atoms with van der Waals surface area (Å²) in [6.45, 7) is 2.99. The molecule has 0 N–H and O–H groups in total. The molecular weight excluding hydrogens is 292 g/mol. The van der Waals surface area contributed by atoms with Gasteiger partial charge in [-0.05, 0) is 31.0 Å². The number of benzene rings is 1. The molecule has 1 aromatic carbocycles. The van der Waals surface area contributed by atoms with Gasteiger partial charge in [-0.2, -0.15) is 0 Å². The van der Waals surface area contributed by atoms with Crippen LogP contribution in [0.1, 0.15) is 18.0 Å². The molecule has 0 saturated carbocycles. The van der Waals surface area contributed by atoms with E-state index in [-0.39, 0.29) is 17.7 Å². The number of hydrogen-bond acceptors (Lipinski definition) is 4. The Hall–Kier alpha value is -1.43. The number of halogens is 1. The van der Waals surface area contributed by atoms with Gasteiger partial charge in [0.2, 0.25) is 0 Å². The van der Waals surface area contributed by atoms with Gasteiger partial charge in [-0.25, -0.2) is 4.98 Å². The third-order valence-corrected chi connectivity index (χ3v) is 4.18. The van der Waals surface area contributed by atoms with Crippen LogP contribution in [0, 0.1) is 6.92 Å². The molecule has 0 unspecified atom stereocenters. The first-order valence-electron chi connectivity index (χ1n) is 6.89. The van der Waals surface area contributed by atoms with Crippen molar-refractivity contribution >= 4 is 22.5 Å². The minimum Gasteiger partial charge on any atom is -0.379 e. The van der Waals surface area contributed by atoms with E-state index in [2.05, 4.69) is 4.98 Å². The number of methoxy groups -OCH3 is 1. The molecule has 1 aromatic heterocycles. The zero-order valence-corrected chi connectivity index (χ0v) is 12.8. The number of hydrogen-bond donors (Lipinski definition) is 0. The van der Waals surface area contributed by atoms with Crippen molar-refractivity contribution in [3.8, 4) is 0 Å². The summed E-state index contributed by atoms with van der Waals surface area (Å²) in [6.07, 6.45) is 2.30. The average molecular weight is 309 g/mol. The van der Waals surface area contributed by atoms with Gasteiger partial charge >= 0.3 is 0 Å². The fourth-order valence-electron chi connectivity index (χ4n) is 2.86. The number of aromatic nitrogens is 2. The topological polar surface area (TPSA) is 53.4 Å². The van der Waals surface area contributed by atoms with Crippen molar-refractivity contribution in [3.05, 3.63) is 39.4 Å². The lowest BCUT2D eigenvalue weighted by Crippen LogP contribution is -2.40. The number of rotatable bonds is 2. The molecule has 0 amide bonds. The minimum atomic E-state index is -0.160. The van der Waals surface area contributed by atoms with Gasteiger partial charge in [0.1, 0.15) is 0 Å². The first-order chi connectivity index (χ1) is 10.1. The van der Waals surface area contributed by atoms with Crippen LogP contribution in [-0.4, -0.2) is 36.0 Å². The molecule has 0 radical (unpaired) electrons. The smallest absolute Gasteiger partial charge is 0.261 e. The zero-order chi connectivity index (χ0) is 15.0. The molecule has 1 saturated heterocycles. The fraction of sp³-hybridized carbons (Fsp3) is 0.467. The van der Waals surface area contributed by atoms with E-state index in [1.54, 1.807) is 24.1 Å². The standard InChI is InChI=1S/C15H17ClN2O3/c1-9-5-10(16)6-11-14(9)17-8-18(15(11)19)12-7-21-4-3-13(12)20-2/h5-6,8,12-13H,3-4,7H2,1-2H3/t12-,13-/m1/s1. The van der Waals surface area contributed by atoms with Crippen LogP contribution in [0.25, 0.3) is 10.9 Å². The predicted octanol–water partition coefficient (Wildman–Crippen LogP) is 2.33. The van der Waals surface area contributed by atoms with Crippen molar-refractivity contribution in [1.29, 1.82) is 0 Å². The van der Waals surface area contributed by atoms with Crippen LogP contribution in [0.3, 0.4) is 0 Å². The minimum absolute atomic E-state index is 0.0454. The van der Waals surface area contributed by atoms with Crippen molar-refractivity contribution in [1.82, 2.24) is 9.55 Å². The molecule has 2 heterocycles. The Morgan fingerprint density at radius 2 is 2.29 bits per heavy atom. The Kier molecular flexibility index (Phi) is 3.97. The summed E-state index contributed by atoms with van der Waals surface area (Å²) in [5.41, 5.74) is 1.47. The van der Waals surface area contributed by atoms with E-state index in [0.717, 1.165) is 12.0 Å². The van der Waals surface area contributed by atoms with E-state index < -0.39 is 0 Å². The highest BCUT2D eigenvalue weighted by Gasteiger charge is 2.28. The summed E-state index contributed by atoms with van der Waals surface area (Å²) in [4.78, 5) is 17.2. The van der Waals surface area contributed by atoms with Crippen molar-refractivity contribution < 1.29 is 9.47 Å². The van der Waals surface area contributed by atoms with Crippen LogP contribution in [0.15, 0.2) is 23.3 Å². The van der Waals surface area contributed by atoms with Gasteiger partial charge in [0.05, 0.1) is 36.0 Å². The van der Waals surface area contributed by atoms with E-state index in [9.17, 15) is 4.79 Å². The Bertz CT molecular complexity index is 729. The highest BCUT2D eigenvalue weighted by molar-refractivity contribution is 6.31. The van der Waals surface area contributed by atoms with E-state index in [1.807, 2.05) is 13.0 Å². The van der Waals surface area contributed by atoms with Gasteiger partial charge < -0.3 is 9.47 Å². The van der Waals surface area contributed by atoms with Gasteiger partial charge in [-0.15, -0.1) is 0 Å². The molecule has 21 heavy (non-hydrogen) atoms. The van der Waals surface area contributed by atoms with E-state index in [4.69, 9.17) is 21.1 Å². The molecule has 2 aromatic rings. The molecule has 1 fully saturated rings. The summed E-state index contributed by atoms with van der Waals surface area (Å²) in [7, 11) is 1.66. The Labute approximate surface area is 127 Å². The summed E-state index contributed by atoms with van der Waals surface area (Å²) < 4.78 is 12.6. The van der Waals surface area contributed by atoms with Gasteiger partial charge in [-0.1, -0.05) is 11.6 Å². The average Bonchev–Trinajstić information content (AvgIpc) is 2.48. The lowest BCUT2D eigenvalue weighted by molar-refractivity contribution is -0.0508. The molecule has 0 aliphatic carbocycles. The van der Waals surface area contributed by atoms with Crippen LogP contribution in [-0.2, 0) is 9.47 Å². The first kappa shape index (κ1) is 14.5. The highest BCUT2D eigenvalue weighted by Crippen LogP contribution is 2.23. The van der Waals surface area contributed by atoms with Crippen molar-refractivity contribution in [2.45, 2.75) is 25.5 Å². The molecule has 3 rings (SSSR count). The Balaban J connectivity index is 2.15. The molecule has 112 valence electrons. The zero-order valence-electron chi connectivity index (χ0n) is 12.0. The third-order valence-electron chi connectivity index (χ3n) is 3.97. The van der Waals surface area contributed by atoms with Crippen molar-refractivity contribution in [2.75, 3.05) is 20.3 Å². The molecule has 1 aliphatic rings. The number of nitrogens with zero attached hydrogens (tertiary/aromatic N) is 2. The van der Waals surface area contributed by atoms with E-state index >= 15 is 0 Å². The molecule has 6 heteroatoms. The summed E-state index contributed by atoms with van der Waals surface area (Å²) in [6, 6.07) is 3.32. The molecular formula is C15H17ClN2O3. The van der Waals surface area contributed by atoms with E-state index in [1.165, 1.54) is 0 Å². The maximum Gasteiger partial charge on any atom is 0.261 e. The maximum absolute atomic E-state index is 12.7. The second kappa shape index (κ2) is 5.75. The van der Waals surface area contributed by atoms with Crippen LogP contribution >= 0.6 is 11.6 Å². The van der Waals surface area contributed by atoms with E-state index in [0.29, 0.717) is 29.1 Å². The quantitative estimate of drug-likeness (QED) is 0.854. The SMILES string of the molecule is CO[C@@H]1CCOC[C@H]1n1cnc2c(C)cc(Cl)cc2c1=O. The second-order valence-corrected chi connectivity index (χ2v) is 5.72. The molecule has 0 bridgehead atoms. The first-order valence-corrected chi connectivity index (χ1v) is 7.27. The largest absolute Gasteiger partial charge is 0.379 e. The molecule has 0 spiro atoms. The van der Waals surface area contributed by atoms with Crippen LogP contribution in [0.2, 0.25) is 5.02 Å². The number of ether oxygens (including phenoxy) is 2. The highest BCUT2D eigenvalue weighted by atomic mass is 35.5.